The van der Waals surface area contributed by atoms with Crippen LogP contribution in [0, 0.1) is 11.3 Å². The number of rotatable bonds is 6. The summed E-state index contributed by atoms with van der Waals surface area (Å²) in [5.74, 6) is -0.835. The number of furan rings is 1. The maximum absolute atomic E-state index is 12.6. The molecule has 0 aliphatic carbocycles. The lowest BCUT2D eigenvalue weighted by Gasteiger charge is -2.08. The van der Waals surface area contributed by atoms with Gasteiger partial charge in [0.05, 0.1) is 6.61 Å². The van der Waals surface area contributed by atoms with Gasteiger partial charge in [-0.1, -0.05) is 30.3 Å². The highest BCUT2D eigenvalue weighted by molar-refractivity contribution is 9.10. The van der Waals surface area contributed by atoms with Crippen molar-refractivity contribution < 1.29 is 18.7 Å². The maximum Gasteiger partial charge on any atom is 0.341 e. The van der Waals surface area contributed by atoms with E-state index in [1.807, 2.05) is 36.4 Å². The van der Waals surface area contributed by atoms with Gasteiger partial charge in [0, 0.05) is 17.0 Å². The summed E-state index contributed by atoms with van der Waals surface area (Å²) in [5.41, 5.74) is 1.58. The molecular weight excluding hydrogens is 456 g/mol. The minimum Gasteiger partial charge on any atom is -0.462 e. The van der Waals surface area contributed by atoms with Crippen LogP contribution in [0.15, 0.2) is 62.5 Å². The first kappa shape index (κ1) is 20.6. The fraction of sp³-hybridized carbons (Fsp3) is 0.0952. The number of benzene rings is 1. The molecule has 0 aliphatic rings. The molecule has 1 N–H and O–H groups in total. The van der Waals surface area contributed by atoms with Gasteiger partial charge in [0.2, 0.25) is 0 Å². The van der Waals surface area contributed by atoms with Gasteiger partial charge in [0.25, 0.3) is 5.91 Å². The Bertz CT molecular complexity index is 1110. The lowest BCUT2D eigenvalue weighted by Crippen LogP contribution is -2.16. The molecule has 0 bridgehead atoms. The lowest BCUT2D eigenvalue weighted by molar-refractivity contribution is -0.112. The van der Waals surface area contributed by atoms with Gasteiger partial charge < -0.3 is 14.5 Å². The number of anilines is 1. The first-order chi connectivity index (χ1) is 14.0. The van der Waals surface area contributed by atoms with Crippen LogP contribution in [0.5, 0.6) is 0 Å². The summed E-state index contributed by atoms with van der Waals surface area (Å²) in [4.78, 5) is 25.2. The van der Waals surface area contributed by atoms with Crippen molar-refractivity contribution in [1.82, 2.24) is 0 Å². The van der Waals surface area contributed by atoms with Crippen molar-refractivity contribution in [2.24, 2.45) is 0 Å². The number of amides is 1. The number of thiophene rings is 1. The molecule has 1 aromatic carbocycles. The third-order valence-electron chi connectivity index (χ3n) is 3.83. The summed E-state index contributed by atoms with van der Waals surface area (Å²) in [6, 6.07) is 14.5. The van der Waals surface area contributed by atoms with Crippen molar-refractivity contribution in [2.75, 3.05) is 11.9 Å². The van der Waals surface area contributed by atoms with Crippen LogP contribution in [-0.2, 0) is 9.53 Å². The number of hydrogen-bond donors (Lipinski definition) is 1. The Labute approximate surface area is 179 Å². The van der Waals surface area contributed by atoms with E-state index in [0.717, 1.165) is 5.56 Å². The number of esters is 1. The summed E-state index contributed by atoms with van der Waals surface area (Å²) < 4.78 is 11.0. The number of halogens is 1. The molecule has 0 saturated carbocycles. The van der Waals surface area contributed by atoms with Crippen LogP contribution < -0.4 is 5.32 Å². The summed E-state index contributed by atoms with van der Waals surface area (Å²) >= 11 is 4.36. The zero-order chi connectivity index (χ0) is 20.8. The second-order valence-electron chi connectivity index (χ2n) is 5.71. The molecule has 0 saturated heterocycles. The van der Waals surface area contributed by atoms with Crippen LogP contribution in [-0.4, -0.2) is 18.5 Å². The van der Waals surface area contributed by atoms with E-state index in [9.17, 15) is 14.9 Å². The largest absolute Gasteiger partial charge is 0.462 e. The minimum atomic E-state index is -0.646. The molecule has 3 rings (SSSR count). The van der Waals surface area contributed by atoms with Gasteiger partial charge in [-0.25, -0.2) is 4.79 Å². The van der Waals surface area contributed by atoms with E-state index in [1.165, 1.54) is 17.4 Å². The molecule has 29 heavy (non-hydrogen) atoms. The van der Waals surface area contributed by atoms with Crippen LogP contribution in [0.3, 0.4) is 0 Å². The smallest absolute Gasteiger partial charge is 0.341 e. The van der Waals surface area contributed by atoms with E-state index < -0.39 is 11.9 Å². The predicted molar refractivity (Wildman–Crippen MR) is 114 cm³/mol. The Hall–Kier alpha value is -3.15. The SMILES string of the molecule is CCOC(=O)c1c(-c2ccccc2)csc1NC(=O)C(C#N)=Cc1ccc(Br)o1. The normalized spacial score (nSPS) is 11.0. The maximum atomic E-state index is 12.6. The van der Waals surface area contributed by atoms with E-state index in [1.54, 1.807) is 24.4 Å². The van der Waals surface area contributed by atoms with Gasteiger partial charge in [-0.05, 0) is 40.5 Å². The summed E-state index contributed by atoms with van der Waals surface area (Å²) in [6.45, 7) is 1.91. The topological polar surface area (TPSA) is 92.3 Å². The second-order valence-corrected chi connectivity index (χ2v) is 7.37. The molecule has 6 nitrogen and oxygen atoms in total. The van der Waals surface area contributed by atoms with E-state index in [0.29, 0.717) is 21.0 Å². The zero-order valence-electron chi connectivity index (χ0n) is 15.3. The Morgan fingerprint density at radius 2 is 2.03 bits per heavy atom. The van der Waals surface area contributed by atoms with Crippen molar-refractivity contribution >= 4 is 50.2 Å². The minimum absolute atomic E-state index is 0.156. The van der Waals surface area contributed by atoms with Crippen molar-refractivity contribution in [1.29, 1.82) is 5.26 Å². The molecule has 0 aliphatic heterocycles. The molecule has 0 spiro atoms. The van der Waals surface area contributed by atoms with Crippen molar-refractivity contribution in [3.05, 3.63) is 69.4 Å². The van der Waals surface area contributed by atoms with Gasteiger partial charge in [-0.3, -0.25) is 4.79 Å². The molecule has 0 unspecified atom stereocenters. The Morgan fingerprint density at radius 3 is 2.66 bits per heavy atom. The fourth-order valence-corrected chi connectivity index (χ4v) is 3.82. The molecule has 0 fully saturated rings. The number of carbonyl (C=O) groups is 2. The van der Waals surface area contributed by atoms with Crippen molar-refractivity contribution in [2.45, 2.75) is 6.92 Å². The highest BCUT2D eigenvalue weighted by Gasteiger charge is 2.23. The second kappa shape index (κ2) is 9.37. The Kier molecular flexibility index (Phi) is 6.65. The summed E-state index contributed by atoms with van der Waals surface area (Å²) in [6.07, 6.45) is 1.33. The highest BCUT2D eigenvalue weighted by Crippen LogP contribution is 2.36. The molecule has 146 valence electrons. The predicted octanol–water partition coefficient (Wildman–Crippen LogP) is 5.49. The summed E-state index contributed by atoms with van der Waals surface area (Å²) in [7, 11) is 0. The van der Waals surface area contributed by atoms with E-state index >= 15 is 0 Å². The number of carbonyl (C=O) groups excluding carboxylic acids is 2. The molecule has 2 aromatic heterocycles. The summed E-state index contributed by atoms with van der Waals surface area (Å²) in [5, 5.41) is 14.1. The number of ether oxygens (including phenoxy) is 1. The van der Waals surface area contributed by atoms with Crippen LogP contribution in [0.1, 0.15) is 23.0 Å². The third-order valence-corrected chi connectivity index (χ3v) is 5.15. The number of nitrogens with one attached hydrogen (secondary N) is 1. The average molecular weight is 471 g/mol. The Balaban J connectivity index is 1.95. The number of nitriles is 1. The molecule has 0 radical (unpaired) electrons. The molecule has 2 heterocycles. The molecule has 3 aromatic rings. The van der Waals surface area contributed by atoms with Gasteiger partial charge >= 0.3 is 5.97 Å². The third kappa shape index (κ3) is 4.83. The van der Waals surface area contributed by atoms with Crippen molar-refractivity contribution in [3.8, 4) is 17.2 Å². The fourth-order valence-electron chi connectivity index (χ4n) is 2.55. The van der Waals surface area contributed by atoms with E-state index in [4.69, 9.17) is 9.15 Å². The first-order valence-corrected chi connectivity index (χ1v) is 10.2. The number of nitrogens with zero attached hydrogens (tertiary/aromatic N) is 1. The Morgan fingerprint density at radius 1 is 1.28 bits per heavy atom. The molecular formula is C21H15BrN2O4S. The van der Waals surface area contributed by atoms with Crippen molar-refractivity contribution in [3.63, 3.8) is 0 Å². The first-order valence-electron chi connectivity index (χ1n) is 8.56. The van der Waals surface area contributed by atoms with Gasteiger partial charge in [-0.15, -0.1) is 11.3 Å². The quantitative estimate of drug-likeness (QED) is 0.292. The highest BCUT2D eigenvalue weighted by atomic mass is 79.9. The van der Waals surface area contributed by atoms with Gasteiger partial charge in [0.1, 0.15) is 28.0 Å². The molecule has 8 heteroatoms. The van der Waals surface area contributed by atoms with Crippen LogP contribution in [0.2, 0.25) is 0 Å². The van der Waals surface area contributed by atoms with Gasteiger partial charge in [0.15, 0.2) is 4.67 Å². The standard InChI is InChI=1S/C21H15BrN2O4S/c1-2-27-21(26)18-16(13-6-4-3-5-7-13)12-29-20(18)24-19(25)14(11-23)10-15-8-9-17(22)28-15/h3-10,12H,2H2,1H3,(H,24,25). The number of hydrogen-bond acceptors (Lipinski definition) is 6. The zero-order valence-corrected chi connectivity index (χ0v) is 17.7. The van der Waals surface area contributed by atoms with Crippen LogP contribution in [0.4, 0.5) is 5.00 Å². The van der Waals surface area contributed by atoms with Crippen LogP contribution in [0.25, 0.3) is 17.2 Å². The molecule has 0 atom stereocenters. The monoisotopic (exact) mass is 470 g/mol. The van der Waals surface area contributed by atoms with Gasteiger partial charge in [-0.2, -0.15) is 5.26 Å². The average Bonchev–Trinajstić information content (AvgIpc) is 3.32. The van der Waals surface area contributed by atoms with E-state index in [2.05, 4.69) is 21.2 Å². The van der Waals surface area contributed by atoms with Crippen LogP contribution >= 0.6 is 27.3 Å². The van der Waals surface area contributed by atoms with E-state index in [-0.39, 0.29) is 17.7 Å². The molecule has 1 amide bonds. The lowest BCUT2D eigenvalue weighted by atomic mass is 10.0.